The van der Waals surface area contributed by atoms with Gasteiger partial charge >= 0.3 is 0 Å². The molecule has 16 heavy (non-hydrogen) atoms. The van der Waals surface area contributed by atoms with Crippen molar-refractivity contribution in [2.45, 2.75) is 13.0 Å². The van der Waals surface area contributed by atoms with Crippen molar-refractivity contribution < 1.29 is 4.21 Å². The van der Waals surface area contributed by atoms with Crippen molar-refractivity contribution in [3.05, 3.63) is 21.6 Å². The van der Waals surface area contributed by atoms with E-state index >= 15 is 0 Å². The normalized spacial score (nSPS) is 14.5. The van der Waals surface area contributed by atoms with E-state index in [1.54, 1.807) is 6.26 Å². The number of anilines is 1. The second-order valence-corrected chi connectivity index (χ2v) is 5.44. The van der Waals surface area contributed by atoms with Gasteiger partial charge in [-0.25, -0.2) is 4.68 Å². The summed E-state index contributed by atoms with van der Waals surface area (Å²) in [5.74, 6) is 0.492. The van der Waals surface area contributed by atoms with Crippen LogP contribution in [0.2, 0.25) is 5.02 Å². The minimum atomic E-state index is -0.895. The molecule has 0 saturated carbocycles. The molecular formula is C9H14ClN3O2S. The molecule has 0 aliphatic heterocycles. The van der Waals surface area contributed by atoms with E-state index in [9.17, 15) is 9.00 Å². The van der Waals surface area contributed by atoms with Crippen LogP contribution in [-0.2, 0) is 17.8 Å². The van der Waals surface area contributed by atoms with Crippen LogP contribution in [0.4, 0.5) is 5.69 Å². The molecule has 1 aromatic rings. The fraction of sp³-hybridized carbons (Fsp3) is 0.556. The maximum Gasteiger partial charge on any atom is 0.287 e. The third kappa shape index (κ3) is 3.31. The van der Waals surface area contributed by atoms with Crippen LogP contribution in [0, 0.1) is 0 Å². The Balaban J connectivity index is 2.86. The fourth-order valence-corrected chi connectivity index (χ4v) is 2.28. The van der Waals surface area contributed by atoms with Gasteiger partial charge in [0.2, 0.25) is 0 Å². The molecule has 1 aromatic heterocycles. The average Bonchev–Trinajstić information content (AvgIpc) is 2.18. The Morgan fingerprint density at radius 2 is 2.31 bits per heavy atom. The lowest BCUT2D eigenvalue weighted by molar-refractivity contribution is 0.682. The number of hydrogen-bond donors (Lipinski definition) is 1. The van der Waals surface area contributed by atoms with Gasteiger partial charge in [-0.1, -0.05) is 11.6 Å². The number of aryl methyl sites for hydroxylation is 1. The van der Waals surface area contributed by atoms with Gasteiger partial charge in [0.05, 0.1) is 11.9 Å². The maximum absolute atomic E-state index is 11.5. The van der Waals surface area contributed by atoms with Crippen molar-refractivity contribution in [1.82, 2.24) is 9.78 Å². The highest BCUT2D eigenvalue weighted by molar-refractivity contribution is 7.84. The van der Waals surface area contributed by atoms with Gasteiger partial charge in [0, 0.05) is 35.9 Å². The van der Waals surface area contributed by atoms with E-state index in [0.717, 1.165) is 4.68 Å². The van der Waals surface area contributed by atoms with Crippen LogP contribution in [-0.4, -0.2) is 32.0 Å². The van der Waals surface area contributed by atoms with Crippen molar-refractivity contribution in [2.75, 3.05) is 17.3 Å². The Morgan fingerprint density at radius 3 is 2.88 bits per heavy atom. The van der Waals surface area contributed by atoms with Gasteiger partial charge in [0.1, 0.15) is 5.02 Å². The van der Waals surface area contributed by atoms with Gasteiger partial charge in [0.25, 0.3) is 5.56 Å². The molecule has 0 aromatic carbocycles. The molecule has 1 N–H and O–H groups in total. The minimum Gasteiger partial charge on any atom is -0.379 e. The highest BCUT2D eigenvalue weighted by Crippen LogP contribution is 2.15. The Hall–Kier alpha value is -0.880. The fourth-order valence-electron chi connectivity index (χ4n) is 1.27. The molecular weight excluding hydrogens is 250 g/mol. The molecule has 0 radical (unpaired) electrons. The molecule has 5 nitrogen and oxygen atoms in total. The highest BCUT2D eigenvalue weighted by Gasteiger charge is 2.10. The number of aromatic nitrogens is 2. The monoisotopic (exact) mass is 263 g/mol. The third-order valence-corrected chi connectivity index (χ3v) is 3.30. The van der Waals surface area contributed by atoms with Gasteiger partial charge in [-0.3, -0.25) is 9.00 Å². The summed E-state index contributed by atoms with van der Waals surface area (Å²) in [7, 11) is 0.635. The number of nitrogens with zero attached hydrogens (tertiary/aromatic N) is 2. The molecule has 0 saturated heterocycles. The second-order valence-electron chi connectivity index (χ2n) is 3.59. The molecule has 2 unspecified atom stereocenters. The van der Waals surface area contributed by atoms with Crippen molar-refractivity contribution in [2.24, 2.45) is 7.05 Å². The zero-order valence-electron chi connectivity index (χ0n) is 9.36. The molecule has 0 amide bonds. The lowest BCUT2D eigenvalue weighted by Gasteiger charge is -2.14. The van der Waals surface area contributed by atoms with Crippen molar-refractivity contribution >= 4 is 28.1 Å². The molecule has 90 valence electrons. The summed E-state index contributed by atoms with van der Waals surface area (Å²) in [6.45, 7) is 1.87. The lowest BCUT2D eigenvalue weighted by Crippen LogP contribution is -2.26. The Kier molecular flexibility index (Phi) is 4.49. The first-order chi connectivity index (χ1) is 7.41. The van der Waals surface area contributed by atoms with Gasteiger partial charge in [-0.2, -0.15) is 5.10 Å². The van der Waals surface area contributed by atoms with E-state index < -0.39 is 10.8 Å². The quantitative estimate of drug-likeness (QED) is 0.865. The number of rotatable bonds is 4. The van der Waals surface area contributed by atoms with Gasteiger partial charge in [0.15, 0.2) is 0 Å². The van der Waals surface area contributed by atoms with E-state index in [0.29, 0.717) is 11.4 Å². The topological polar surface area (TPSA) is 64.0 Å². The van der Waals surface area contributed by atoms with E-state index in [1.165, 1.54) is 13.2 Å². The molecule has 1 heterocycles. The van der Waals surface area contributed by atoms with Crippen LogP contribution in [0.1, 0.15) is 6.92 Å². The standard InChI is InChI=1S/C9H14ClN3O2S/c1-6(5-16(3)15)12-7-4-11-13(2)9(14)8(7)10/h4,6,12H,5H2,1-3H3. The third-order valence-electron chi connectivity index (χ3n) is 1.96. The first-order valence-corrected chi connectivity index (χ1v) is 6.80. The summed E-state index contributed by atoms with van der Waals surface area (Å²) in [4.78, 5) is 11.5. The van der Waals surface area contributed by atoms with Crippen molar-refractivity contribution in [3.63, 3.8) is 0 Å². The molecule has 0 aliphatic rings. The molecule has 0 bridgehead atoms. The van der Waals surface area contributed by atoms with E-state index in [-0.39, 0.29) is 16.6 Å². The first kappa shape index (κ1) is 13.2. The lowest BCUT2D eigenvalue weighted by atomic mass is 10.3. The number of halogens is 1. The predicted octanol–water partition coefficient (Wildman–Crippen LogP) is 0.613. The maximum atomic E-state index is 11.5. The predicted molar refractivity (Wildman–Crippen MR) is 66.5 cm³/mol. The number of hydrogen-bond acceptors (Lipinski definition) is 4. The van der Waals surface area contributed by atoms with Crippen LogP contribution in [0.3, 0.4) is 0 Å². The molecule has 0 aliphatic carbocycles. The van der Waals surface area contributed by atoms with Crippen LogP contribution in [0.5, 0.6) is 0 Å². The summed E-state index contributed by atoms with van der Waals surface area (Å²) >= 11 is 5.87. The highest BCUT2D eigenvalue weighted by atomic mass is 35.5. The van der Waals surface area contributed by atoms with E-state index in [2.05, 4.69) is 10.4 Å². The Labute approximate surface area is 101 Å². The van der Waals surface area contributed by atoms with Gasteiger partial charge in [-0.05, 0) is 6.92 Å². The summed E-state index contributed by atoms with van der Waals surface area (Å²) in [6.07, 6.45) is 3.11. The Morgan fingerprint density at radius 1 is 1.69 bits per heavy atom. The molecule has 1 rings (SSSR count). The second kappa shape index (κ2) is 5.45. The van der Waals surface area contributed by atoms with Gasteiger partial charge in [-0.15, -0.1) is 0 Å². The molecule has 0 fully saturated rings. The van der Waals surface area contributed by atoms with Crippen molar-refractivity contribution in [1.29, 1.82) is 0 Å². The van der Waals surface area contributed by atoms with Crippen LogP contribution >= 0.6 is 11.6 Å². The van der Waals surface area contributed by atoms with Gasteiger partial charge < -0.3 is 5.32 Å². The summed E-state index contributed by atoms with van der Waals surface area (Å²) < 4.78 is 12.2. The Bertz CT molecular complexity index is 461. The zero-order valence-corrected chi connectivity index (χ0v) is 10.9. The van der Waals surface area contributed by atoms with Crippen LogP contribution < -0.4 is 10.9 Å². The van der Waals surface area contributed by atoms with Crippen LogP contribution in [0.25, 0.3) is 0 Å². The number of nitrogens with one attached hydrogen (secondary N) is 1. The largest absolute Gasteiger partial charge is 0.379 e. The molecule has 7 heteroatoms. The minimum absolute atomic E-state index is 0.0303. The molecule has 0 spiro atoms. The smallest absolute Gasteiger partial charge is 0.287 e. The van der Waals surface area contributed by atoms with Crippen molar-refractivity contribution in [3.8, 4) is 0 Å². The SMILES string of the molecule is CC(CS(C)=O)Nc1cnn(C)c(=O)c1Cl. The molecule has 2 atom stereocenters. The summed E-state index contributed by atoms with van der Waals surface area (Å²) in [5, 5.41) is 6.96. The summed E-state index contributed by atoms with van der Waals surface area (Å²) in [6, 6.07) is -0.0303. The first-order valence-electron chi connectivity index (χ1n) is 4.70. The summed E-state index contributed by atoms with van der Waals surface area (Å²) in [5.41, 5.74) is 0.124. The van der Waals surface area contributed by atoms with E-state index in [1.807, 2.05) is 6.92 Å². The average molecular weight is 264 g/mol. The van der Waals surface area contributed by atoms with E-state index in [4.69, 9.17) is 11.6 Å². The van der Waals surface area contributed by atoms with Crippen LogP contribution in [0.15, 0.2) is 11.0 Å². The zero-order chi connectivity index (χ0) is 12.3.